The van der Waals surface area contributed by atoms with Crippen molar-refractivity contribution in [2.75, 3.05) is 23.7 Å². The second kappa shape index (κ2) is 8.53. The summed E-state index contributed by atoms with van der Waals surface area (Å²) in [7, 11) is -3.53. The Balaban J connectivity index is 1.59. The van der Waals surface area contributed by atoms with E-state index >= 15 is 0 Å². The highest BCUT2D eigenvalue weighted by molar-refractivity contribution is 7.89. The summed E-state index contributed by atoms with van der Waals surface area (Å²) >= 11 is 0. The van der Waals surface area contributed by atoms with Crippen molar-refractivity contribution >= 4 is 33.2 Å². The van der Waals surface area contributed by atoms with Crippen molar-refractivity contribution in [3.8, 4) is 0 Å². The summed E-state index contributed by atoms with van der Waals surface area (Å²) < 4.78 is 26.8. The maximum Gasteiger partial charge on any atom is 0.243 e. The normalized spacial score (nSPS) is 15.8. The molecule has 0 radical (unpaired) electrons. The van der Waals surface area contributed by atoms with Crippen LogP contribution >= 0.6 is 0 Å². The Hall–Kier alpha value is -2.71. The number of nitrogens with one attached hydrogen (secondary N) is 2. The standard InChI is InChI=1S/C20H23N3O4S/c1-15(24)21-17-6-5-7-18(14-17)22-20(25)16-10-12-23(13-11-16)28(26,27)19-8-3-2-4-9-19/h2-9,14,16H,10-13H2,1H3,(H,21,24)(H,22,25). The molecule has 1 aliphatic heterocycles. The lowest BCUT2D eigenvalue weighted by Gasteiger charge is -2.30. The molecule has 0 spiro atoms. The van der Waals surface area contributed by atoms with Gasteiger partial charge >= 0.3 is 0 Å². The molecular formula is C20H23N3O4S. The third kappa shape index (κ3) is 4.76. The van der Waals surface area contributed by atoms with E-state index in [1.165, 1.54) is 11.2 Å². The Labute approximate surface area is 164 Å². The summed E-state index contributed by atoms with van der Waals surface area (Å²) in [5, 5.41) is 5.52. The van der Waals surface area contributed by atoms with Gasteiger partial charge in [-0.25, -0.2) is 8.42 Å². The van der Waals surface area contributed by atoms with E-state index in [0.29, 0.717) is 37.3 Å². The lowest BCUT2D eigenvalue weighted by atomic mass is 9.97. The van der Waals surface area contributed by atoms with Gasteiger partial charge < -0.3 is 10.6 Å². The molecule has 2 aromatic carbocycles. The van der Waals surface area contributed by atoms with Crippen LogP contribution in [0.3, 0.4) is 0 Å². The summed E-state index contributed by atoms with van der Waals surface area (Å²) in [5.41, 5.74) is 1.20. The molecule has 1 saturated heterocycles. The van der Waals surface area contributed by atoms with Crippen molar-refractivity contribution in [3.63, 3.8) is 0 Å². The van der Waals surface area contributed by atoms with E-state index in [9.17, 15) is 18.0 Å². The molecule has 3 rings (SSSR count). The number of hydrogen-bond acceptors (Lipinski definition) is 4. The molecule has 0 bridgehead atoms. The van der Waals surface area contributed by atoms with Crippen molar-refractivity contribution in [1.29, 1.82) is 0 Å². The predicted molar refractivity (Wildman–Crippen MR) is 107 cm³/mol. The third-order valence-electron chi connectivity index (χ3n) is 4.66. The molecule has 0 atom stereocenters. The average molecular weight is 401 g/mol. The van der Waals surface area contributed by atoms with E-state index in [1.807, 2.05) is 0 Å². The van der Waals surface area contributed by atoms with Crippen LogP contribution in [0.5, 0.6) is 0 Å². The largest absolute Gasteiger partial charge is 0.326 e. The maximum atomic E-state index is 12.7. The van der Waals surface area contributed by atoms with Crippen LogP contribution in [-0.2, 0) is 19.6 Å². The lowest BCUT2D eigenvalue weighted by Crippen LogP contribution is -2.41. The van der Waals surface area contributed by atoms with E-state index in [0.717, 1.165) is 0 Å². The van der Waals surface area contributed by atoms with E-state index in [2.05, 4.69) is 10.6 Å². The molecule has 0 unspecified atom stereocenters. The van der Waals surface area contributed by atoms with Crippen LogP contribution in [0, 0.1) is 5.92 Å². The first-order chi connectivity index (χ1) is 13.4. The van der Waals surface area contributed by atoms with Crippen LogP contribution in [0.1, 0.15) is 19.8 Å². The van der Waals surface area contributed by atoms with Gasteiger partial charge in [-0.15, -0.1) is 0 Å². The van der Waals surface area contributed by atoms with Gasteiger partial charge in [-0.05, 0) is 43.2 Å². The lowest BCUT2D eigenvalue weighted by molar-refractivity contribution is -0.121. The van der Waals surface area contributed by atoms with Gasteiger partial charge in [0.25, 0.3) is 0 Å². The Morgan fingerprint density at radius 1 is 0.929 bits per heavy atom. The molecule has 0 aromatic heterocycles. The first-order valence-electron chi connectivity index (χ1n) is 9.10. The van der Waals surface area contributed by atoms with E-state index in [-0.39, 0.29) is 22.6 Å². The average Bonchev–Trinajstić information content (AvgIpc) is 2.68. The van der Waals surface area contributed by atoms with Gasteiger partial charge in [0, 0.05) is 37.3 Å². The fourth-order valence-electron chi connectivity index (χ4n) is 3.22. The molecule has 2 amide bonds. The molecule has 8 heteroatoms. The monoisotopic (exact) mass is 401 g/mol. The number of rotatable bonds is 5. The van der Waals surface area contributed by atoms with Crippen LogP contribution in [0.4, 0.5) is 11.4 Å². The van der Waals surface area contributed by atoms with Gasteiger partial charge in [-0.2, -0.15) is 4.31 Å². The molecule has 1 fully saturated rings. The van der Waals surface area contributed by atoms with Crippen molar-refractivity contribution in [2.45, 2.75) is 24.7 Å². The molecule has 148 valence electrons. The number of amides is 2. The zero-order valence-corrected chi connectivity index (χ0v) is 16.4. The quantitative estimate of drug-likeness (QED) is 0.805. The van der Waals surface area contributed by atoms with E-state index in [1.54, 1.807) is 54.6 Å². The third-order valence-corrected chi connectivity index (χ3v) is 6.57. The fourth-order valence-corrected chi connectivity index (χ4v) is 4.71. The zero-order valence-electron chi connectivity index (χ0n) is 15.6. The molecule has 7 nitrogen and oxygen atoms in total. The second-order valence-corrected chi connectivity index (χ2v) is 8.68. The van der Waals surface area contributed by atoms with Crippen LogP contribution in [0.25, 0.3) is 0 Å². The topological polar surface area (TPSA) is 95.6 Å². The van der Waals surface area contributed by atoms with Crippen LogP contribution < -0.4 is 10.6 Å². The maximum absolute atomic E-state index is 12.7. The molecule has 2 N–H and O–H groups in total. The summed E-state index contributed by atoms with van der Waals surface area (Å²) in [6, 6.07) is 15.2. The number of nitrogens with zero attached hydrogens (tertiary/aromatic N) is 1. The number of sulfonamides is 1. The fraction of sp³-hybridized carbons (Fsp3) is 0.300. The Bertz CT molecular complexity index is 952. The molecule has 2 aromatic rings. The number of piperidine rings is 1. The molecule has 0 aliphatic carbocycles. The van der Waals surface area contributed by atoms with Gasteiger partial charge in [0.2, 0.25) is 21.8 Å². The van der Waals surface area contributed by atoms with Gasteiger partial charge in [0.05, 0.1) is 4.90 Å². The van der Waals surface area contributed by atoms with Crippen LogP contribution in [-0.4, -0.2) is 37.6 Å². The number of carbonyl (C=O) groups is 2. The number of benzene rings is 2. The first kappa shape index (κ1) is 20.0. The second-order valence-electron chi connectivity index (χ2n) is 6.74. The van der Waals surface area contributed by atoms with Crippen molar-refractivity contribution < 1.29 is 18.0 Å². The van der Waals surface area contributed by atoms with Crippen LogP contribution in [0.15, 0.2) is 59.5 Å². The van der Waals surface area contributed by atoms with E-state index in [4.69, 9.17) is 0 Å². The highest BCUT2D eigenvalue weighted by atomic mass is 32.2. The number of carbonyl (C=O) groups excluding carboxylic acids is 2. The highest BCUT2D eigenvalue weighted by Crippen LogP contribution is 2.25. The summed E-state index contributed by atoms with van der Waals surface area (Å²) in [6.45, 7) is 2.03. The minimum Gasteiger partial charge on any atom is -0.326 e. The number of anilines is 2. The van der Waals surface area contributed by atoms with Crippen molar-refractivity contribution in [1.82, 2.24) is 4.31 Å². The van der Waals surface area contributed by atoms with E-state index < -0.39 is 10.0 Å². The van der Waals surface area contributed by atoms with Gasteiger partial charge in [0.15, 0.2) is 0 Å². The Morgan fingerprint density at radius 3 is 2.14 bits per heavy atom. The molecule has 28 heavy (non-hydrogen) atoms. The summed E-state index contributed by atoms with van der Waals surface area (Å²) in [4.78, 5) is 24.0. The molecule has 1 aliphatic rings. The zero-order chi connectivity index (χ0) is 20.1. The Morgan fingerprint density at radius 2 is 1.54 bits per heavy atom. The van der Waals surface area contributed by atoms with Crippen LogP contribution in [0.2, 0.25) is 0 Å². The smallest absolute Gasteiger partial charge is 0.243 e. The summed E-state index contributed by atoms with van der Waals surface area (Å²) in [5.74, 6) is -0.584. The van der Waals surface area contributed by atoms with Gasteiger partial charge in [-0.3, -0.25) is 9.59 Å². The minimum absolute atomic E-state index is 0.142. The minimum atomic E-state index is -3.53. The van der Waals surface area contributed by atoms with Gasteiger partial charge in [-0.1, -0.05) is 24.3 Å². The predicted octanol–water partition coefficient (Wildman–Crippen LogP) is 2.68. The Kier molecular flexibility index (Phi) is 6.11. The highest BCUT2D eigenvalue weighted by Gasteiger charge is 2.32. The molecule has 0 saturated carbocycles. The number of hydrogen-bond donors (Lipinski definition) is 2. The SMILES string of the molecule is CC(=O)Nc1cccc(NC(=O)C2CCN(S(=O)(=O)c3ccccc3)CC2)c1. The molecule has 1 heterocycles. The first-order valence-corrected chi connectivity index (χ1v) is 10.5. The van der Waals surface area contributed by atoms with Gasteiger partial charge in [0.1, 0.15) is 0 Å². The summed E-state index contributed by atoms with van der Waals surface area (Å²) in [6.07, 6.45) is 0.923. The molecular weight excluding hydrogens is 378 g/mol. The van der Waals surface area contributed by atoms with Crippen molar-refractivity contribution in [3.05, 3.63) is 54.6 Å². The van der Waals surface area contributed by atoms with Crippen molar-refractivity contribution in [2.24, 2.45) is 5.92 Å².